The molecule has 0 bridgehead atoms. The second-order valence-corrected chi connectivity index (χ2v) is 10.7. The summed E-state index contributed by atoms with van der Waals surface area (Å²) in [4.78, 5) is 32.2. The topological polar surface area (TPSA) is 125 Å². The monoisotopic (exact) mass is 569 g/mol. The molecule has 1 aromatic carbocycles. The van der Waals surface area contributed by atoms with Gasteiger partial charge in [0.15, 0.2) is 0 Å². The normalized spacial score (nSPS) is 13.4. The van der Waals surface area contributed by atoms with Crippen molar-refractivity contribution in [1.82, 2.24) is 24.8 Å². The Bertz CT molecular complexity index is 1460. The molecule has 0 saturated heterocycles. The quantitative estimate of drug-likeness (QED) is 0.173. The van der Waals surface area contributed by atoms with E-state index in [2.05, 4.69) is 42.6 Å². The zero-order chi connectivity index (χ0) is 29.1. The fourth-order valence-electron chi connectivity index (χ4n) is 5.17. The number of aryl methyl sites for hydroxylation is 3. The second kappa shape index (κ2) is 14.5. The molecular formula is C32H39N7O3. The van der Waals surface area contributed by atoms with Gasteiger partial charge in [0.1, 0.15) is 36.4 Å². The smallest absolute Gasteiger partial charge is 0.326 e. The number of para-hydroxylation sites is 1. The Labute approximate surface area is 246 Å². The molecule has 3 N–H and O–H groups in total. The van der Waals surface area contributed by atoms with Gasteiger partial charge < -0.3 is 20.5 Å². The van der Waals surface area contributed by atoms with Crippen molar-refractivity contribution in [1.29, 1.82) is 0 Å². The lowest BCUT2D eigenvalue weighted by Crippen LogP contribution is -2.37. The minimum absolute atomic E-state index is 0.414. The van der Waals surface area contributed by atoms with Crippen molar-refractivity contribution in [2.45, 2.75) is 51.5 Å². The highest BCUT2D eigenvalue weighted by Gasteiger charge is 2.20. The highest BCUT2D eigenvalue weighted by molar-refractivity contribution is 5.90. The number of hydrogen-bond donors (Lipinski definition) is 3. The molecule has 0 fully saturated rings. The van der Waals surface area contributed by atoms with E-state index in [9.17, 15) is 9.90 Å². The minimum Gasteiger partial charge on any atom is -0.491 e. The average molecular weight is 570 g/mol. The van der Waals surface area contributed by atoms with Crippen LogP contribution in [0.4, 0.5) is 11.6 Å². The number of aliphatic carboxylic acids is 1. The number of aromatic nitrogens is 4. The summed E-state index contributed by atoms with van der Waals surface area (Å²) in [6, 6.07) is 15.0. The molecule has 0 amide bonds. The van der Waals surface area contributed by atoms with E-state index < -0.39 is 12.0 Å². The number of nitrogens with one attached hydrogen (secondary N) is 2. The summed E-state index contributed by atoms with van der Waals surface area (Å²) in [5.41, 5.74) is 4.12. The van der Waals surface area contributed by atoms with Crippen molar-refractivity contribution in [3.63, 3.8) is 0 Å². The summed E-state index contributed by atoms with van der Waals surface area (Å²) in [5, 5.41) is 17.4. The molecule has 10 heteroatoms. The summed E-state index contributed by atoms with van der Waals surface area (Å²) in [7, 11) is 0. The fourth-order valence-corrected chi connectivity index (χ4v) is 5.17. The number of nitrogens with zero attached hydrogens (tertiary/aromatic N) is 5. The van der Waals surface area contributed by atoms with Gasteiger partial charge in [0, 0.05) is 36.4 Å². The van der Waals surface area contributed by atoms with Crippen molar-refractivity contribution in [3.8, 4) is 5.75 Å². The molecule has 4 heterocycles. The van der Waals surface area contributed by atoms with Gasteiger partial charge in [0.05, 0.1) is 11.7 Å². The maximum absolute atomic E-state index is 12.2. The molecule has 1 atom stereocenters. The number of anilines is 2. The van der Waals surface area contributed by atoms with Gasteiger partial charge in [-0.25, -0.2) is 19.7 Å². The Balaban J connectivity index is 1.17. The van der Waals surface area contributed by atoms with Gasteiger partial charge in [0.25, 0.3) is 0 Å². The van der Waals surface area contributed by atoms with Gasteiger partial charge in [-0.15, -0.1) is 0 Å². The van der Waals surface area contributed by atoms with Crippen molar-refractivity contribution < 1.29 is 14.6 Å². The molecule has 0 spiro atoms. The molecule has 0 saturated carbocycles. The molecule has 0 unspecified atom stereocenters. The number of hydrogen-bond acceptors (Lipinski definition) is 9. The fraction of sp³-hybridized carbons (Fsp3) is 0.406. The van der Waals surface area contributed by atoms with Crippen LogP contribution in [0, 0.1) is 6.92 Å². The van der Waals surface area contributed by atoms with Gasteiger partial charge in [-0.05, 0) is 87.9 Å². The predicted molar refractivity (Wildman–Crippen MR) is 164 cm³/mol. The van der Waals surface area contributed by atoms with Crippen LogP contribution in [0.15, 0.2) is 61.1 Å². The Hall–Kier alpha value is -4.31. The molecule has 3 aromatic heterocycles. The van der Waals surface area contributed by atoms with E-state index in [1.807, 2.05) is 43.3 Å². The minimum atomic E-state index is -0.910. The van der Waals surface area contributed by atoms with E-state index in [-0.39, 0.29) is 0 Å². The lowest BCUT2D eigenvalue weighted by Gasteiger charge is -2.25. The van der Waals surface area contributed by atoms with Crippen molar-refractivity contribution in [3.05, 3.63) is 78.0 Å². The summed E-state index contributed by atoms with van der Waals surface area (Å²) >= 11 is 0. The first-order valence-corrected chi connectivity index (χ1v) is 14.7. The first-order valence-electron chi connectivity index (χ1n) is 14.7. The Morgan fingerprint density at radius 3 is 2.83 bits per heavy atom. The highest BCUT2D eigenvalue weighted by atomic mass is 16.5. The number of unbranched alkanes of at least 4 members (excludes halogenated alkanes) is 1. The zero-order valence-corrected chi connectivity index (χ0v) is 24.1. The first-order chi connectivity index (χ1) is 20.5. The van der Waals surface area contributed by atoms with E-state index in [1.54, 1.807) is 6.20 Å². The predicted octanol–water partition coefficient (Wildman–Crippen LogP) is 4.75. The number of carboxylic acid groups (broad SMARTS) is 1. The van der Waals surface area contributed by atoms with Crippen LogP contribution in [0.3, 0.4) is 0 Å². The Kier molecular flexibility index (Phi) is 10.1. The molecule has 4 aromatic rings. The maximum atomic E-state index is 12.2. The van der Waals surface area contributed by atoms with Crippen LogP contribution in [0.25, 0.3) is 10.9 Å². The maximum Gasteiger partial charge on any atom is 0.326 e. The van der Waals surface area contributed by atoms with E-state index in [4.69, 9.17) is 9.72 Å². The molecule has 1 aliphatic rings. The Morgan fingerprint density at radius 1 is 1.07 bits per heavy atom. The summed E-state index contributed by atoms with van der Waals surface area (Å²) in [6.07, 6.45) is 8.73. The average Bonchev–Trinajstić information content (AvgIpc) is 3.01. The van der Waals surface area contributed by atoms with Crippen molar-refractivity contribution in [2.24, 2.45) is 0 Å². The van der Waals surface area contributed by atoms with Crippen LogP contribution in [0.5, 0.6) is 5.75 Å². The Morgan fingerprint density at radius 2 is 1.98 bits per heavy atom. The lowest BCUT2D eigenvalue weighted by molar-refractivity contribution is -0.138. The number of ether oxygens (including phenoxy) is 1. The highest BCUT2D eigenvalue weighted by Crippen LogP contribution is 2.21. The number of rotatable bonds is 15. The van der Waals surface area contributed by atoms with E-state index in [0.717, 1.165) is 79.1 Å². The number of carboxylic acids is 1. The van der Waals surface area contributed by atoms with Gasteiger partial charge in [-0.2, -0.15) is 0 Å². The van der Waals surface area contributed by atoms with Crippen LogP contribution >= 0.6 is 0 Å². The summed E-state index contributed by atoms with van der Waals surface area (Å²) in [5.74, 6) is 1.38. The van der Waals surface area contributed by atoms with E-state index in [0.29, 0.717) is 31.9 Å². The van der Waals surface area contributed by atoms with Crippen LogP contribution in [-0.4, -0.2) is 74.7 Å². The number of pyridine rings is 2. The zero-order valence-electron chi connectivity index (χ0n) is 24.1. The molecule has 1 aliphatic heterocycles. The third-order valence-electron chi connectivity index (χ3n) is 7.56. The molecule has 42 heavy (non-hydrogen) atoms. The summed E-state index contributed by atoms with van der Waals surface area (Å²) in [6.45, 7) is 5.53. The lowest BCUT2D eigenvalue weighted by atomic mass is 10.1. The molecule has 5 rings (SSSR count). The summed E-state index contributed by atoms with van der Waals surface area (Å²) < 4.78 is 5.95. The molecule has 0 radical (unpaired) electrons. The number of fused-ring (bicyclic) bond motifs is 2. The van der Waals surface area contributed by atoms with Gasteiger partial charge in [0.2, 0.25) is 0 Å². The first kappa shape index (κ1) is 29.2. The third kappa shape index (κ3) is 8.13. The molecule has 0 aliphatic carbocycles. The van der Waals surface area contributed by atoms with Gasteiger partial charge >= 0.3 is 5.97 Å². The van der Waals surface area contributed by atoms with Gasteiger partial charge in [-0.3, -0.25) is 9.88 Å². The molecule has 220 valence electrons. The van der Waals surface area contributed by atoms with Crippen molar-refractivity contribution in [2.75, 3.05) is 43.4 Å². The van der Waals surface area contributed by atoms with E-state index >= 15 is 0 Å². The molecular weight excluding hydrogens is 530 g/mol. The molecule has 10 nitrogen and oxygen atoms in total. The van der Waals surface area contributed by atoms with Crippen LogP contribution < -0.4 is 15.4 Å². The number of carbonyl (C=O) groups is 1. The van der Waals surface area contributed by atoms with Crippen LogP contribution in [0.1, 0.15) is 42.6 Å². The third-order valence-corrected chi connectivity index (χ3v) is 7.56. The number of benzene rings is 1. The standard InChI is InChI=1S/C32H39N7O3/c1-23-11-14-26(21-34-23)42-20-19-39(17-5-4-8-25-13-12-24-7-6-16-33-30(24)37-25)18-15-29(32(40)41)38-31-27-9-2-3-10-28(27)35-22-36-31/h2-3,9-14,21-22,29H,4-8,15-20H2,1H3,(H,33,37)(H,40,41)(H,35,36,38)/t29-/m0/s1. The second-order valence-electron chi connectivity index (χ2n) is 10.7. The SMILES string of the molecule is Cc1ccc(OCCN(CCCCc2ccc3c(n2)NCCC3)CC[C@H](Nc2ncnc3ccccc23)C(=O)O)cn1. The van der Waals surface area contributed by atoms with Gasteiger partial charge in [-0.1, -0.05) is 18.2 Å². The van der Waals surface area contributed by atoms with E-state index in [1.165, 1.54) is 11.9 Å². The van der Waals surface area contributed by atoms with Crippen LogP contribution in [-0.2, 0) is 17.6 Å². The van der Waals surface area contributed by atoms with Crippen molar-refractivity contribution >= 4 is 28.5 Å². The van der Waals surface area contributed by atoms with Crippen LogP contribution in [0.2, 0.25) is 0 Å². The largest absolute Gasteiger partial charge is 0.491 e.